The Morgan fingerprint density at radius 3 is 2.45 bits per heavy atom. The zero-order valence-corrected chi connectivity index (χ0v) is 16.1. The Morgan fingerprint density at radius 2 is 1.72 bits per heavy atom. The summed E-state index contributed by atoms with van der Waals surface area (Å²) in [5, 5.41) is 4.99. The molecule has 0 atom stereocenters. The van der Waals surface area contributed by atoms with Gasteiger partial charge in [0.1, 0.15) is 0 Å². The molecule has 1 amide bonds. The number of benzene rings is 2. The molecule has 140 valence electrons. The van der Waals surface area contributed by atoms with Crippen LogP contribution in [0.2, 0.25) is 0 Å². The quantitative estimate of drug-likeness (QED) is 0.444. The lowest BCUT2D eigenvalue weighted by molar-refractivity contribution is 0.102. The number of carbonyl (C=O) groups excluding carboxylic acids is 1. The summed E-state index contributed by atoms with van der Waals surface area (Å²) in [7, 11) is 0. The molecule has 3 heterocycles. The first-order chi connectivity index (χ1) is 14.3. The molecule has 1 N–H and O–H groups in total. The van der Waals surface area contributed by atoms with E-state index in [2.05, 4.69) is 21.4 Å². The molecule has 0 radical (unpaired) electrons. The van der Waals surface area contributed by atoms with Crippen molar-refractivity contribution in [3.8, 4) is 21.7 Å². The van der Waals surface area contributed by atoms with Gasteiger partial charge in [-0.15, -0.1) is 11.3 Å². The van der Waals surface area contributed by atoms with Crippen LogP contribution in [0.25, 0.3) is 27.5 Å². The lowest BCUT2D eigenvalue weighted by Gasteiger charge is -2.07. The Bertz CT molecular complexity index is 1240. The van der Waals surface area contributed by atoms with Gasteiger partial charge in [-0.25, -0.2) is 9.97 Å². The second-order valence-electron chi connectivity index (χ2n) is 6.54. The molecule has 0 aliphatic heterocycles. The van der Waals surface area contributed by atoms with Gasteiger partial charge in [-0.2, -0.15) is 0 Å². The number of hydrogen-bond donors (Lipinski definition) is 1. The number of hydrogen-bond acceptors (Lipinski definition) is 4. The van der Waals surface area contributed by atoms with E-state index in [0.29, 0.717) is 11.3 Å². The molecular weight excluding hydrogens is 380 g/mol. The van der Waals surface area contributed by atoms with Crippen LogP contribution in [-0.4, -0.2) is 20.3 Å². The van der Waals surface area contributed by atoms with Gasteiger partial charge in [0, 0.05) is 40.3 Å². The van der Waals surface area contributed by atoms with Crippen LogP contribution < -0.4 is 5.32 Å². The summed E-state index contributed by atoms with van der Waals surface area (Å²) in [6.45, 7) is 0. The number of imidazole rings is 1. The monoisotopic (exact) mass is 396 g/mol. The third-order valence-corrected chi connectivity index (χ3v) is 5.55. The van der Waals surface area contributed by atoms with Crippen molar-refractivity contribution in [3.63, 3.8) is 0 Å². The fourth-order valence-electron chi connectivity index (χ4n) is 3.13. The molecule has 0 spiro atoms. The zero-order valence-electron chi connectivity index (χ0n) is 15.3. The van der Waals surface area contributed by atoms with Crippen LogP contribution in [0.3, 0.4) is 0 Å². The highest BCUT2D eigenvalue weighted by Gasteiger charge is 2.09. The van der Waals surface area contributed by atoms with Gasteiger partial charge in [-0.3, -0.25) is 9.20 Å². The summed E-state index contributed by atoms with van der Waals surface area (Å²) in [5.74, 6) is 0.526. The molecule has 29 heavy (non-hydrogen) atoms. The topological polar surface area (TPSA) is 59.3 Å². The number of amides is 1. The van der Waals surface area contributed by atoms with E-state index in [1.807, 2.05) is 82.8 Å². The average molecular weight is 396 g/mol. The maximum Gasteiger partial charge on any atom is 0.255 e. The number of rotatable bonds is 4. The van der Waals surface area contributed by atoms with Crippen molar-refractivity contribution in [1.82, 2.24) is 14.4 Å². The van der Waals surface area contributed by atoms with Crippen molar-refractivity contribution in [2.75, 3.05) is 5.32 Å². The van der Waals surface area contributed by atoms with Crippen LogP contribution in [0.4, 0.5) is 5.69 Å². The number of nitrogens with one attached hydrogen (secondary N) is 1. The second-order valence-corrected chi connectivity index (χ2v) is 7.49. The fraction of sp³-hybridized carbons (Fsp3) is 0. The Morgan fingerprint density at radius 1 is 0.931 bits per heavy atom. The van der Waals surface area contributed by atoms with Gasteiger partial charge in [-0.1, -0.05) is 30.3 Å². The molecular formula is C23H16N4OS. The van der Waals surface area contributed by atoms with E-state index in [9.17, 15) is 4.79 Å². The van der Waals surface area contributed by atoms with E-state index in [1.165, 1.54) is 4.88 Å². The molecule has 0 fully saturated rings. The highest BCUT2D eigenvalue weighted by Crippen LogP contribution is 2.25. The molecule has 3 aromatic heterocycles. The third-order valence-electron chi connectivity index (χ3n) is 4.63. The van der Waals surface area contributed by atoms with E-state index in [1.54, 1.807) is 17.5 Å². The molecule has 0 saturated carbocycles. The van der Waals surface area contributed by atoms with Crippen LogP contribution in [0.15, 0.2) is 90.7 Å². The molecule has 0 saturated heterocycles. The number of aromatic nitrogens is 3. The summed E-state index contributed by atoms with van der Waals surface area (Å²) in [6.07, 6.45) is 5.57. The molecule has 0 aliphatic carbocycles. The number of anilines is 1. The van der Waals surface area contributed by atoms with Gasteiger partial charge in [0.05, 0.1) is 5.69 Å². The fourth-order valence-corrected chi connectivity index (χ4v) is 3.86. The van der Waals surface area contributed by atoms with Gasteiger partial charge < -0.3 is 5.32 Å². The van der Waals surface area contributed by atoms with Gasteiger partial charge >= 0.3 is 0 Å². The summed E-state index contributed by atoms with van der Waals surface area (Å²) >= 11 is 1.68. The highest BCUT2D eigenvalue weighted by molar-refractivity contribution is 7.13. The first-order valence-electron chi connectivity index (χ1n) is 9.12. The van der Waals surface area contributed by atoms with E-state index < -0.39 is 0 Å². The van der Waals surface area contributed by atoms with Gasteiger partial charge in [-0.05, 0) is 47.3 Å². The summed E-state index contributed by atoms with van der Waals surface area (Å²) in [6, 6.07) is 21.2. The van der Waals surface area contributed by atoms with Gasteiger partial charge in [0.15, 0.2) is 0 Å². The SMILES string of the molecule is O=C(Nc1ccc(-c2cn3cccnc3n2)cc1)c1ccc(-c2cccs2)cc1. The van der Waals surface area contributed by atoms with Crippen molar-refractivity contribution < 1.29 is 4.79 Å². The smallest absolute Gasteiger partial charge is 0.255 e. The van der Waals surface area contributed by atoms with E-state index in [4.69, 9.17) is 0 Å². The van der Waals surface area contributed by atoms with Crippen molar-refractivity contribution in [1.29, 1.82) is 0 Å². The van der Waals surface area contributed by atoms with E-state index >= 15 is 0 Å². The van der Waals surface area contributed by atoms with Crippen molar-refractivity contribution >= 4 is 28.7 Å². The number of carbonyl (C=O) groups is 1. The predicted molar refractivity (Wildman–Crippen MR) is 116 cm³/mol. The normalized spacial score (nSPS) is 10.9. The minimum absolute atomic E-state index is 0.132. The van der Waals surface area contributed by atoms with E-state index in [-0.39, 0.29) is 5.91 Å². The number of thiophene rings is 1. The zero-order chi connectivity index (χ0) is 19.6. The largest absolute Gasteiger partial charge is 0.322 e. The maximum absolute atomic E-state index is 12.6. The first-order valence-corrected chi connectivity index (χ1v) is 10.00. The molecule has 0 aliphatic rings. The molecule has 2 aromatic carbocycles. The van der Waals surface area contributed by atoms with Crippen molar-refractivity contribution in [3.05, 3.63) is 96.3 Å². The minimum atomic E-state index is -0.132. The lowest BCUT2D eigenvalue weighted by Crippen LogP contribution is -2.11. The van der Waals surface area contributed by atoms with Crippen LogP contribution in [0, 0.1) is 0 Å². The Labute approximate surface area is 171 Å². The van der Waals surface area contributed by atoms with Crippen molar-refractivity contribution in [2.45, 2.75) is 0 Å². The summed E-state index contributed by atoms with van der Waals surface area (Å²) in [4.78, 5) is 22.5. The molecule has 5 aromatic rings. The highest BCUT2D eigenvalue weighted by atomic mass is 32.1. The van der Waals surface area contributed by atoms with Crippen LogP contribution in [0.5, 0.6) is 0 Å². The van der Waals surface area contributed by atoms with Gasteiger partial charge in [0.25, 0.3) is 5.91 Å². The van der Waals surface area contributed by atoms with E-state index in [0.717, 1.165) is 22.5 Å². The average Bonchev–Trinajstić information content (AvgIpc) is 3.44. The summed E-state index contributed by atoms with van der Waals surface area (Å²) in [5.41, 5.74) is 4.28. The Balaban J connectivity index is 1.31. The predicted octanol–water partition coefficient (Wildman–Crippen LogP) is 5.38. The van der Waals surface area contributed by atoms with Gasteiger partial charge in [0.2, 0.25) is 5.78 Å². The standard InChI is InChI=1S/C23H16N4OS/c28-22(18-6-4-17(5-7-18)21-3-1-14-29-21)25-19-10-8-16(9-11-19)20-15-27-13-2-12-24-23(27)26-20/h1-15H,(H,25,28). The summed E-state index contributed by atoms with van der Waals surface area (Å²) < 4.78 is 1.88. The molecule has 0 unspecified atom stereocenters. The van der Waals surface area contributed by atoms with Crippen LogP contribution in [0.1, 0.15) is 10.4 Å². The number of nitrogens with zero attached hydrogens (tertiary/aromatic N) is 3. The number of fused-ring (bicyclic) bond motifs is 1. The first kappa shape index (κ1) is 17.3. The molecule has 0 bridgehead atoms. The van der Waals surface area contributed by atoms with Crippen LogP contribution in [-0.2, 0) is 0 Å². The third kappa shape index (κ3) is 3.53. The Hall–Kier alpha value is -3.77. The van der Waals surface area contributed by atoms with Crippen LogP contribution >= 0.6 is 11.3 Å². The Kier molecular flexibility index (Phi) is 4.38. The lowest BCUT2D eigenvalue weighted by atomic mass is 10.1. The second kappa shape index (κ2) is 7.33. The van der Waals surface area contributed by atoms with Crippen molar-refractivity contribution in [2.24, 2.45) is 0 Å². The molecule has 5 nitrogen and oxygen atoms in total. The molecule has 5 rings (SSSR count). The minimum Gasteiger partial charge on any atom is -0.322 e. The molecule has 6 heteroatoms. The maximum atomic E-state index is 12.6.